The second kappa shape index (κ2) is 10.5. The van der Waals surface area contributed by atoms with Gasteiger partial charge in [0.25, 0.3) is 0 Å². The molecule has 6 nitrogen and oxygen atoms in total. The molecule has 0 aliphatic carbocycles. The van der Waals surface area contributed by atoms with Crippen LogP contribution in [0.15, 0.2) is 29.3 Å². The van der Waals surface area contributed by atoms with Gasteiger partial charge in [0.05, 0.1) is 6.61 Å². The van der Waals surface area contributed by atoms with Crippen LogP contribution in [-0.2, 0) is 10.2 Å². The normalized spacial score (nSPS) is 18.1. The Hall–Kier alpha value is -2.24. The van der Waals surface area contributed by atoms with Crippen molar-refractivity contribution < 1.29 is 9.53 Å². The summed E-state index contributed by atoms with van der Waals surface area (Å²) in [6, 6.07) is 8.38. The molecule has 0 spiro atoms. The molecule has 6 heteroatoms. The Morgan fingerprint density at radius 1 is 1.34 bits per heavy atom. The minimum atomic E-state index is -0.221. The summed E-state index contributed by atoms with van der Waals surface area (Å²) in [4.78, 5) is 18.0. The Bertz CT molecular complexity index is 683. The number of carbonyl (C=O) groups excluding carboxylic acids is 1. The number of hydrogen-bond donors (Lipinski definition) is 2. The van der Waals surface area contributed by atoms with Crippen LogP contribution < -0.4 is 15.8 Å². The number of aliphatic imine (C=N–C) groups is 1. The molecule has 1 aromatic carbocycles. The number of primary amides is 1. The van der Waals surface area contributed by atoms with E-state index >= 15 is 0 Å². The number of nitrogens with zero attached hydrogens (tertiary/aromatic N) is 2. The molecule has 1 aliphatic heterocycles. The van der Waals surface area contributed by atoms with Crippen LogP contribution in [0.1, 0.15) is 52.5 Å². The molecule has 2 rings (SSSR count). The number of nitrogens with one attached hydrogen (secondary N) is 1. The number of carbonyl (C=O) groups is 1. The second-order valence-electron chi connectivity index (χ2n) is 9.14. The van der Waals surface area contributed by atoms with Crippen LogP contribution in [0.2, 0.25) is 0 Å². The van der Waals surface area contributed by atoms with Crippen molar-refractivity contribution in [2.45, 2.75) is 52.4 Å². The Morgan fingerprint density at radius 2 is 2.03 bits per heavy atom. The molecular formula is C23H38N4O2. The van der Waals surface area contributed by atoms with E-state index in [1.807, 2.05) is 19.2 Å². The van der Waals surface area contributed by atoms with Gasteiger partial charge in [-0.2, -0.15) is 0 Å². The van der Waals surface area contributed by atoms with Gasteiger partial charge < -0.3 is 20.7 Å². The number of amides is 1. The fourth-order valence-electron chi connectivity index (χ4n) is 3.71. The Balaban J connectivity index is 1.94. The summed E-state index contributed by atoms with van der Waals surface area (Å²) in [6.45, 7) is 12.0. The summed E-state index contributed by atoms with van der Waals surface area (Å²) in [7, 11) is 1.81. The maximum Gasteiger partial charge on any atom is 0.217 e. The zero-order chi connectivity index (χ0) is 21.4. The highest BCUT2D eigenvalue weighted by atomic mass is 16.5. The number of likely N-dealkylation sites (tertiary alicyclic amines) is 1. The predicted molar refractivity (Wildman–Crippen MR) is 119 cm³/mol. The highest BCUT2D eigenvalue weighted by molar-refractivity contribution is 5.80. The van der Waals surface area contributed by atoms with Crippen molar-refractivity contribution >= 4 is 11.9 Å². The van der Waals surface area contributed by atoms with Crippen molar-refractivity contribution in [1.82, 2.24) is 10.2 Å². The lowest BCUT2D eigenvalue weighted by molar-refractivity contribution is -0.119. The summed E-state index contributed by atoms with van der Waals surface area (Å²) in [5.41, 5.74) is 6.58. The van der Waals surface area contributed by atoms with E-state index in [0.717, 1.165) is 50.8 Å². The van der Waals surface area contributed by atoms with E-state index in [1.54, 1.807) is 0 Å². The number of hydrogen-bond acceptors (Lipinski definition) is 3. The fourth-order valence-corrected chi connectivity index (χ4v) is 3.71. The SMILES string of the molecule is CN=C(NCC(C)(C)c1ccc(OCC(C)C)cc1)N1CCCC(CC(N)=O)C1. The third kappa shape index (κ3) is 7.26. The van der Waals surface area contributed by atoms with Crippen LogP contribution in [-0.4, -0.2) is 50.1 Å². The molecule has 1 atom stereocenters. The fraction of sp³-hybridized carbons (Fsp3) is 0.652. The monoisotopic (exact) mass is 402 g/mol. The number of ether oxygens (including phenoxy) is 1. The number of guanidine groups is 1. The van der Waals surface area contributed by atoms with Gasteiger partial charge in [0.15, 0.2) is 5.96 Å². The smallest absolute Gasteiger partial charge is 0.217 e. The van der Waals surface area contributed by atoms with Crippen LogP contribution >= 0.6 is 0 Å². The van der Waals surface area contributed by atoms with Crippen LogP contribution in [0.5, 0.6) is 5.75 Å². The van der Waals surface area contributed by atoms with Gasteiger partial charge in [-0.25, -0.2) is 0 Å². The molecule has 0 aromatic heterocycles. The molecule has 3 N–H and O–H groups in total. The van der Waals surface area contributed by atoms with Crippen LogP contribution in [0.25, 0.3) is 0 Å². The van der Waals surface area contributed by atoms with Gasteiger partial charge >= 0.3 is 0 Å². The average molecular weight is 403 g/mol. The van der Waals surface area contributed by atoms with Crippen molar-refractivity contribution in [1.29, 1.82) is 0 Å². The lowest BCUT2D eigenvalue weighted by atomic mass is 9.84. The summed E-state index contributed by atoms with van der Waals surface area (Å²) < 4.78 is 5.79. The van der Waals surface area contributed by atoms with Crippen LogP contribution in [0, 0.1) is 11.8 Å². The molecule has 1 saturated heterocycles. The third-order valence-electron chi connectivity index (χ3n) is 5.43. The lowest BCUT2D eigenvalue weighted by Crippen LogP contribution is -2.49. The first-order valence-electron chi connectivity index (χ1n) is 10.7. The van der Waals surface area contributed by atoms with Gasteiger partial charge in [0.1, 0.15) is 5.75 Å². The van der Waals surface area contributed by atoms with Crippen molar-refractivity contribution in [2.24, 2.45) is 22.6 Å². The maximum atomic E-state index is 11.3. The number of rotatable bonds is 8. The first kappa shape index (κ1) is 23.0. The third-order valence-corrected chi connectivity index (χ3v) is 5.43. The van der Waals surface area contributed by atoms with E-state index in [-0.39, 0.29) is 11.3 Å². The van der Waals surface area contributed by atoms with E-state index in [9.17, 15) is 4.79 Å². The van der Waals surface area contributed by atoms with Gasteiger partial charge in [0.2, 0.25) is 5.91 Å². The van der Waals surface area contributed by atoms with Crippen LogP contribution in [0.4, 0.5) is 0 Å². The number of piperidine rings is 1. The molecule has 1 unspecified atom stereocenters. The number of benzene rings is 1. The van der Waals surface area contributed by atoms with E-state index in [0.29, 0.717) is 18.3 Å². The van der Waals surface area contributed by atoms with Crippen molar-refractivity contribution in [2.75, 3.05) is 33.3 Å². The van der Waals surface area contributed by atoms with Crippen molar-refractivity contribution in [3.63, 3.8) is 0 Å². The molecule has 29 heavy (non-hydrogen) atoms. The summed E-state index contributed by atoms with van der Waals surface area (Å²) >= 11 is 0. The zero-order valence-electron chi connectivity index (χ0n) is 18.7. The summed E-state index contributed by atoms with van der Waals surface area (Å²) in [5, 5.41) is 3.53. The molecule has 0 saturated carbocycles. The van der Waals surface area contributed by atoms with E-state index in [4.69, 9.17) is 10.5 Å². The van der Waals surface area contributed by atoms with Gasteiger partial charge in [-0.3, -0.25) is 9.79 Å². The molecule has 162 valence electrons. The lowest BCUT2D eigenvalue weighted by Gasteiger charge is -2.36. The average Bonchev–Trinajstić information content (AvgIpc) is 2.67. The molecule has 1 aliphatic rings. The minimum Gasteiger partial charge on any atom is -0.493 e. The largest absolute Gasteiger partial charge is 0.493 e. The zero-order valence-corrected chi connectivity index (χ0v) is 18.7. The van der Waals surface area contributed by atoms with Gasteiger partial charge in [-0.15, -0.1) is 0 Å². The van der Waals surface area contributed by atoms with Gasteiger partial charge in [-0.1, -0.05) is 39.8 Å². The Kier molecular flexibility index (Phi) is 8.35. The van der Waals surface area contributed by atoms with E-state index < -0.39 is 0 Å². The quantitative estimate of drug-likeness (QED) is 0.517. The first-order chi connectivity index (χ1) is 13.7. The van der Waals surface area contributed by atoms with E-state index in [2.05, 4.69) is 55.0 Å². The maximum absolute atomic E-state index is 11.3. The Labute approximate surface area is 175 Å². The molecule has 1 amide bonds. The highest BCUT2D eigenvalue weighted by Crippen LogP contribution is 2.25. The molecular weight excluding hydrogens is 364 g/mol. The molecule has 0 radical (unpaired) electrons. The highest BCUT2D eigenvalue weighted by Gasteiger charge is 2.26. The number of nitrogens with two attached hydrogens (primary N) is 1. The standard InChI is InChI=1S/C23H38N4O2/c1-17(2)15-29-20-10-8-19(9-11-20)23(3,4)16-26-22(25-5)27-12-6-7-18(14-27)13-21(24)28/h8-11,17-18H,6-7,12-16H2,1-5H3,(H2,24,28)(H,25,26). The predicted octanol–water partition coefficient (Wildman–Crippen LogP) is 3.16. The van der Waals surface area contributed by atoms with Gasteiger partial charge in [-0.05, 0) is 42.4 Å². The van der Waals surface area contributed by atoms with Crippen LogP contribution in [0.3, 0.4) is 0 Å². The Morgan fingerprint density at radius 3 is 2.62 bits per heavy atom. The first-order valence-corrected chi connectivity index (χ1v) is 10.7. The molecule has 1 heterocycles. The molecule has 1 aromatic rings. The van der Waals surface area contributed by atoms with Gasteiger partial charge in [0, 0.05) is 38.5 Å². The topological polar surface area (TPSA) is 80.0 Å². The molecule has 1 fully saturated rings. The summed E-state index contributed by atoms with van der Waals surface area (Å²) in [6.07, 6.45) is 2.55. The summed E-state index contributed by atoms with van der Waals surface area (Å²) in [5.74, 6) is 2.41. The van der Waals surface area contributed by atoms with E-state index in [1.165, 1.54) is 5.56 Å². The van der Waals surface area contributed by atoms with Crippen molar-refractivity contribution in [3.8, 4) is 5.75 Å². The minimum absolute atomic E-state index is 0.0606. The molecule has 0 bridgehead atoms. The second-order valence-corrected chi connectivity index (χ2v) is 9.14. The van der Waals surface area contributed by atoms with Crippen molar-refractivity contribution in [3.05, 3.63) is 29.8 Å².